The minimum Gasteiger partial charge on any atom is -0.493 e. The van der Waals surface area contributed by atoms with E-state index >= 15 is 0 Å². The fourth-order valence-corrected chi connectivity index (χ4v) is 2.73. The Bertz CT molecular complexity index is 1050. The van der Waals surface area contributed by atoms with Gasteiger partial charge in [-0.05, 0) is 49.7 Å². The Balaban J connectivity index is 1.99. The van der Waals surface area contributed by atoms with Crippen molar-refractivity contribution in [3.8, 4) is 11.5 Å². The summed E-state index contributed by atoms with van der Waals surface area (Å²) >= 11 is 0. The molecule has 2 aromatic carbocycles. The van der Waals surface area contributed by atoms with Gasteiger partial charge in [0, 0.05) is 17.6 Å². The van der Waals surface area contributed by atoms with Crippen molar-refractivity contribution in [2.75, 3.05) is 12.4 Å². The number of methoxy groups -OCH3 is 1. The second-order valence-electron chi connectivity index (χ2n) is 6.48. The highest BCUT2D eigenvalue weighted by Crippen LogP contribution is 2.36. The molecule has 0 atom stereocenters. The number of carbonyl (C=O) groups is 1. The van der Waals surface area contributed by atoms with Gasteiger partial charge in [0.15, 0.2) is 11.3 Å². The van der Waals surface area contributed by atoms with Gasteiger partial charge >= 0.3 is 5.63 Å². The summed E-state index contributed by atoms with van der Waals surface area (Å²) in [6.07, 6.45) is -0.149. The zero-order chi connectivity index (χ0) is 20.3. The highest BCUT2D eigenvalue weighted by molar-refractivity contribution is 6.05. The molecule has 3 N–H and O–H groups in total. The molecule has 0 aliphatic carbocycles. The van der Waals surface area contributed by atoms with Gasteiger partial charge in [-0.1, -0.05) is 12.1 Å². The van der Waals surface area contributed by atoms with E-state index in [1.807, 2.05) is 13.8 Å². The van der Waals surface area contributed by atoms with E-state index in [4.69, 9.17) is 19.6 Å². The molecule has 0 fully saturated rings. The molecule has 0 radical (unpaired) electrons. The fraction of sp³-hybridized carbons (Fsp3) is 0.238. The van der Waals surface area contributed by atoms with Crippen LogP contribution in [0, 0.1) is 0 Å². The summed E-state index contributed by atoms with van der Waals surface area (Å²) in [7, 11) is 1.50. The number of carbonyl (C=O) groups excluding carboxylic acids is 1. The van der Waals surface area contributed by atoms with Crippen molar-refractivity contribution in [3.05, 3.63) is 64.0 Å². The van der Waals surface area contributed by atoms with Crippen molar-refractivity contribution in [2.45, 2.75) is 26.5 Å². The largest absolute Gasteiger partial charge is 0.493 e. The molecule has 28 heavy (non-hydrogen) atoms. The molecule has 0 saturated carbocycles. The lowest BCUT2D eigenvalue weighted by atomic mass is 10.1. The van der Waals surface area contributed by atoms with Crippen LogP contribution < -0.4 is 26.1 Å². The number of nitrogens with one attached hydrogen (secondary N) is 1. The summed E-state index contributed by atoms with van der Waals surface area (Å²) in [6.45, 7) is 4.12. The third-order valence-electron chi connectivity index (χ3n) is 4.09. The van der Waals surface area contributed by atoms with Gasteiger partial charge in [-0.15, -0.1) is 0 Å². The van der Waals surface area contributed by atoms with Gasteiger partial charge in [-0.2, -0.15) is 0 Å². The average molecular weight is 382 g/mol. The van der Waals surface area contributed by atoms with Crippen LogP contribution in [-0.2, 0) is 6.54 Å². The minimum absolute atomic E-state index is 0.101. The number of nitrogens with two attached hydrogens (primary N) is 1. The monoisotopic (exact) mass is 382 g/mol. The molecule has 0 aliphatic heterocycles. The SMILES string of the molecule is COc1ccc2cc(C(=O)Nc3ccc(CN)cc3)c(=O)oc2c1OC(C)C. The Labute approximate surface area is 162 Å². The van der Waals surface area contributed by atoms with Gasteiger partial charge in [0.25, 0.3) is 5.91 Å². The van der Waals surface area contributed by atoms with E-state index in [9.17, 15) is 9.59 Å². The molecule has 0 bridgehead atoms. The van der Waals surface area contributed by atoms with Crippen LogP contribution in [0.3, 0.4) is 0 Å². The van der Waals surface area contributed by atoms with E-state index in [1.165, 1.54) is 13.2 Å². The molecule has 1 amide bonds. The summed E-state index contributed by atoms with van der Waals surface area (Å²) in [5.41, 5.74) is 6.44. The molecule has 3 rings (SSSR count). The lowest BCUT2D eigenvalue weighted by molar-refractivity contribution is 0.102. The molecule has 1 aromatic heterocycles. The summed E-state index contributed by atoms with van der Waals surface area (Å²) in [4.78, 5) is 25.0. The van der Waals surface area contributed by atoms with Crippen molar-refractivity contribution in [3.63, 3.8) is 0 Å². The molecule has 146 valence electrons. The fourth-order valence-electron chi connectivity index (χ4n) is 2.73. The topological polar surface area (TPSA) is 104 Å². The molecule has 0 unspecified atom stereocenters. The van der Waals surface area contributed by atoms with E-state index in [0.29, 0.717) is 29.1 Å². The Morgan fingerprint density at radius 2 is 1.89 bits per heavy atom. The van der Waals surface area contributed by atoms with E-state index in [1.54, 1.807) is 36.4 Å². The number of amides is 1. The van der Waals surface area contributed by atoms with E-state index in [2.05, 4.69) is 5.32 Å². The number of ether oxygens (including phenoxy) is 2. The molecule has 0 saturated heterocycles. The Morgan fingerprint density at radius 3 is 2.50 bits per heavy atom. The van der Waals surface area contributed by atoms with E-state index < -0.39 is 11.5 Å². The highest BCUT2D eigenvalue weighted by atomic mass is 16.5. The van der Waals surface area contributed by atoms with Crippen molar-refractivity contribution in [1.29, 1.82) is 0 Å². The number of fused-ring (bicyclic) bond motifs is 1. The molecule has 7 nitrogen and oxygen atoms in total. The molecule has 3 aromatic rings. The third kappa shape index (κ3) is 3.99. The lowest BCUT2D eigenvalue weighted by Gasteiger charge is -2.15. The number of anilines is 1. The van der Waals surface area contributed by atoms with Crippen LogP contribution in [0.2, 0.25) is 0 Å². The van der Waals surface area contributed by atoms with Crippen LogP contribution in [0.25, 0.3) is 11.0 Å². The van der Waals surface area contributed by atoms with Crippen LogP contribution >= 0.6 is 0 Å². The second-order valence-corrected chi connectivity index (χ2v) is 6.48. The first-order valence-electron chi connectivity index (χ1n) is 8.84. The van der Waals surface area contributed by atoms with Crippen molar-refractivity contribution in [2.24, 2.45) is 5.73 Å². The Morgan fingerprint density at radius 1 is 1.18 bits per heavy atom. The van der Waals surface area contributed by atoms with Crippen LogP contribution in [0.1, 0.15) is 29.8 Å². The number of rotatable bonds is 6. The molecule has 7 heteroatoms. The van der Waals surface area contributed by atoms with Crippen LogP contribution in [0.5, 0.6) is 11.5 Å². The predicted molar refractivity (Wildman–Crippen MR) is 107 cm³/mol. The maximum atomic E-state index is 12.6. The van der Waals surface area contributed by atoms with Gasteiger partial charge in [-0.25, -0.2) is 4.79 Å². The van der Waals surface area contributed by atoms with Crippen LogP contribution in [0.15, 0.2) is 51.7 Å². The number of hydrogen-bond donors (Lipinski definition) is 2. The standard InChI is InChI=1S/C21H22N2O5/c1-12(2)27-19-17(26-3)9-6-14-10-16(21(25)28-18(14)19)20(24)23-15-7-4-13(11-22)5-8-15/h4-10,12H,11,22H2,1-3H3,(H,23,24). The van der Waals surface area contributed by atoms with Crippen molar-refractivity contribution < 1.29 is 18.7 Å². The quantitative estimate of drug-likeness (QED) is 0.634. The van der Waals surface area contributed by atoms with Crippen LogP contribution in [-0.4, -0.2) is 19.1 Å². The first-order valence-corrected chi connectivity index (χ1v) is 8.84. The molecule has 1 heterocycles. The Kier molecular flexibility index (Phi) is 5.65. The zero-order valence-corrected chi connectivity index (χ0v) is 15.9. The molecule has 0 aliphatic rings. The lowest BCUT2D eigenvalue weighted by Crippen LogP contribution is -2.21. The highest BCUT2D eigenvalue weighted by Gasteiger charge is 2.19. The van der Waals surface area contributed by atoms with E-state index in [0.717, 1.165) is 5.56 Å². The smallest absolute Gasteiger partial charge is 0.349 e. The molecular weight excluding hydrogens is 360 g/mol. The maximum absolute atomic E-state index is 12.6. The first-order chi connectivity index (χ1) is 13.4. The average Bonchev–Trinajstić information content (AvgIpc) is 2.68. The predicted octanol–water partition coefficient (Wildman–Crippen LogP) is 3.30. The van der Waals surface area contributed by atoms with Gasteiger partial charge in [0.1, 0.15) is 5.56 Å². The minimum atomic E-state index is -0.759. The van der Waals surface area contributed by atoms with E-state index in [-0.39, 0.29) is 17.3 Å². The van der Waals surface area contributed by atoms with Crippen LogP contribution in [0.4, 0.5) is 5.69 Å². The normalized spacial score (nSPS) is 10.9. The van der Waals surface area contributed by atoms with Gasteiger partial charge < -0.3 is 24.9 Å². The molecular formula is C21H22N2O5. The van der Waals surface area contributed by atoms with Crippen molar-refractivity contribution in [1.82, 2.24) is 0 Å². The molecule has 0 spiro atoms. The first kappa shape index (κ1) is 19.4. The zero-order valence-electron chi connectivity index (χ0n) is 15.9. The number of hydrogen-bond acceptors (Lipinski definition) is 6. The summed E-state index contributed by atoms with van der Waals surface area (Å²) < 4.78 is 16.5. The second kappa shape index (κ2) is 8.14. The van der Waals surface area contributed by atoms with Gasteiger partial charge in [0.2, 0.25) is 5.75 Å². The van der Waals surface area contributed by atoms with Gasteiger partial charge in [-0.3, -0.25) is 4.79 Å². The summed E-state index contributed by atoms with van der Waals surface area (Å²) in [5.74, 6) is 0.219. The van der Waals surface area contributed by atoms with Gasteiger partial charge in [0.05, 0.1) is 13.2 Å². The van der Waals surface area contributed by atoms with Crippen molar-refractivity contribution >= 4 is 22.6 Å². The number of benzene rings is 2. The third-order valence-corrected chi connectivity index (χ3v) is 4.09. The Hall–Kier alpha value is -3.32. The summed E-state index contributed by atoms with van der Waals surface area (Å²) in [6, 6.07) is 12.0. The maximum Gasteiger partial charge on any atom is 0.349 e. The summed E-state index contributed by atoms with van der Waals surface area (Å²) in [5, 5.41) is 3.24.